The molecule has 1 amide bonds. The maximum absolute atomic E-state index is 12.6. The van der Waals surface area contributed by atoms with Crippen LogP contribution in [0.1, 0.15) is 51.9 Å². The number of carbonyl (C=O) groups is 1. The van der Waals surface area contributed by atoms with Crippen molar-refractivity contribution in [3.63, 3.8) is 0 Å². The van der Waals surface area contributed by atoms with Gasteiger partial charge in [0, 0.05) is 19.1 Å². The van der Waals surface area contributed by atoms with Crippen molar-refractivity contribution in [1.29, 1.82) is 0 Å². The maximum atomic E-state index is 12.6. The zero-order chi connectivity index (χ0) is 14.6. The van der Waals surface area contributed by atoms with Crippen LogP contribution in [0.4, 0.5) is 0 Å². The molecule has 1 saturated heterocycles. The van der Waals surface area contributed by atoms with Gasteiger partial charge in [-0.1, -0.05) is 13.3 Å². The second-order valence-electron chi connectivity index (χ2n) is 7.01. The van der Waals surface area contributed by atoms with Crippen LogP contribution in [-0.4, -0.2) is 43.5 Å². The number of nitrogens with one attached hydrogen (secondary N) is 1. The highest BCUT2D eigenvalue weighted by atomic mass is 16.2. The zero-order valence-electron chi connectivity index (χ0n) is 13.2. The highest BCUT2D eigenvalue weighted by molar-refractivity contribution is 5.83. The number of nitrogens with two attached hydrogens (primary N) is 1. The number of piperidine rings is 1. The molecule has 2 rings (SSSR count). The lowest BCUT2D eigenvalue weighted by Gasteiger charge is -2.38. The van der Waals surface area contributed by atoms with Crippen LogP contribution in [0.5, 0.6) is 0 Å². The molecule has 0 aromatic rings. The van der Waals surface area contributed by atoms with Gasteiger partial charge in [-0.3, -0.25) is 4.79 Å². The molecule has 1 aliphatic carbocycles. The number of likely N-dealkylation sites (tertiary alicyclic amines) is 1. The van der Waals surface area contributed by atoms with Crippen LogP contribution in [0, 0.1) is 11.3 Å². The standard InChI is InChI=1S/C16H31N3O/c1-13-6-8-16(12-17,9-7-13)15(20)18-11-14-5-3-4-10-19(14)2/h13-14H,3-12,17H2,1-2H3,(H,18,20). The fourth-order valence-corrected chi connectivity index (χ4v) is 3.64. The Bertz CT molecular complexity index is 324. The molecular formula is C16H31N3O. The lowest BCUT2D eigenvalue weighted by atomic mass is 9.70. The van der Waals surface area contributed by atoms with E-state index in [0.717, 1.165) is 44.7 Å². The Balaban J connectivity index is 1.86. The molecule has 0 aromatic carbocycles. The van der Waals surface area contributed by atoms with Crippen molar-refractivity contribution in [3.8, 4) is 0 Å². The Morgan fingerprint density at radius 1 is 1.30 bits per heavy atom. The molecule has 4 nitrogen and oxygen atoms in total. The van der Waals surface area contributed by atoms with E-state index in [2.05, 4.69) is 24.2 Å². The van der Waals surface area contributed by atoms with Crippen molar-refractivity contribution in [2.45, 2.75) is 57.9 Å². The lowest BCUT2D eigenvalue weighted by Crippen LogP contribution is -2.51. The van der Waals surface area contributed by atoms with Gasteiger partial charge in [-0.15, -0.1) is 0 Å². The van der Waals surface area contributed by atoms with Gasteiger partial charge >= 0.3 is 0 Å². The van der Waals surface area contributed by atoms with E-state index in [1.807, 2.05) is 0 Å². The summed E-state index contributed by atoms with van der Waals surface area (Å²) in [5.41, 5.74) is 5.66. The van der Waals surface area contributed by atoms with Crippen molar-refractivity contribution in [2.24, 2.45) is 17.1 Å². The fraction of sp³-hybridized carbons (Fsp3) is 0.938. The maximum Gasteiger partial charge on any atom is 0.227 e. The van der Waals surface area contributed by atoms with Crippen molar-refractivity contribution >= 4 is 5.91 Å². The third-order valence-corrected chi connectivity index (χ3v) is 5.52. The summed E-state index contributed by atoms with van der Waals surface area (Å²) in [6, 6.07) is 0.505. The van der Waals surface area contributed by atoms with Crippen molar-refractivity contribution in [1.82, 2.24) is 10.2 Å². The normalized spacial score (nSPS) is 35.8. The van der Waals surface area contributed by atoms with Crippen LogP contribution >= 0.6 is 0 Å². The van der Waals surface area contributed by atoms with Gasteiger partial charge in [0.25, 0.3) is 0 Å². The van der Waals surface area contributed by atoms with Gasteiger partial charge in [-0.25, -0.2) is 0 Å². The predicted molar refractivity (Wildman–Crippen MR) is 82.4 cm³/mol. The first-order chi connectivity index (χ1) is 9.57. The predicted octanol–water partition coefficient (Wildman–Crippen LogP) is 1.74. The zero-order valence-corrected chi connectivity index (χ0v) is 13.2. The molecule has 1 atom stereocenters. The van der Waals surface area contributed by atoms with Gasteiger partial charge in [0.05, 0.1) is 5.41 Å². The molecule has 4 heteroatoms. The summed E-state index contributed by atoms with van der Waals surface area (Å²) in [7, 11) is 2.16. The fourth-order valence-electron chi connectivity index (χ4n) is 3.64. The molecule has 20 heavy (non-hydrogen) atoms. The molecule has 2 aliphatic rings. The average Bonchev–Trinajstić information content (AvgIpc) is 2.47. The molecule has 116 valence electrons. The average molecular weight is 281 g/mol. The summed E-state index contributed by atoms with van der Waals surface area (Å²) in [5, 5.41) is 3.20. The summed E-state index contributed by atoms with van der Waals surface area (Å²) in [4.78, 5) is 15.0. The largest absolute Gasteiger partial charge is 0.354 e. The third kappa shape index (κ3) is 3.53. The van der Waals surface area contributed by atoms with E-state index < -0.39 is 0 Å². The van der Waals surface area contributed by atoms with Crippen LogP contribution < -0.4 is 11.1 Å². The quantitative estimate of drug-likeness (QED) is 0.825. The van der Waals surface area contributed by atoms with E-state index in [-0.39, 0.29) is 11.3 Å². The summed E-state index contributed by atoms with van der Waals surface area (Å²) >= 11 is 0. The van der Waals surface area contributed by atoms with Gasteiger partial charge in [0.15, 0.2) is 0 Å². The van der Waals surface area contributed by atoms with E-state index >= 15 is 0 Å². The topological polar surface area (TPSA) is 58.4 Å². The first-order valence-corrected chi connectivity index (χ1v) is 8.26. The lowest BCUT2D eigenvalue weighted by molar-refractivity contribution is -0.133. The Kier molecular flexibility index (Phi) is 5.44. The van der Waals surface area contributed by atoms with E-state index in [1.54, 1.807) is 0 Å². The molecule has 1 unspecified atom stereocenters. The van der Waals surface area contributed by atoms with Crippen LogP contribution in [0.3, 0.4) is 0 Å². The molecule has 1 heterocycles. The van der Waals surface area contributed by atoms with Gasteiger partial charge in [0.2, 0.25) is 5.91 Å². The number of rotatable bonds is 4. The van der Waals surface area contributed by atoms with Crippen LogP contribution in [0.15, 0.2) is 0 Å². The van der Waals surface area contributed by atoms with E-state index in [9.17, 15) is 4.79 Å². The van der Waals surface area contributed by atoms with Crippen molar-refractivity contribution in [2.75, 3.05) is 26.7 Å². The highest BCUT2D eigenvalue weighted by Gasteiger charge is 2.39. The molecule has 0 radical (unpaired) electrons. The number of amides is 1. The minimum Gasteiger partial charge on any atom is -0.354 e. The molecule has 2 fully saturated rings. The number of hydrogen-bond donors (Lipinski definition) is 2. The van der Waals surface area contributed by atoms with E-state index in [0.29, 0.717) is 12.6 Å². The van der Waals surface area contributed by atoms with Crippen molar-refractivity contribution in [3.05, 3.63) is 0 Å². The first-order valence-electron chi connectivity index (χ1n) is 8.26. The van der Waals surface area contributed by atoms with Gasteiger partial charge in [-0.2, -0.15) is 0 Å². The SMILES string of the molecule is CC1CCC(CN)(C(=O)NCC2CCCCN2C)CC1. The molecule has 1 saturated carbocycles. The number of nitrogens with zero attached hydrogens (tertiary/aromatic N) is 1. The Labute approximate surface area is 123 Å². The summed E-state index contributed by atoms with van der Waals surface area (Å²) < 4.78 is 0. The molecule has 0 spiro atoms. The summed E-state index contributed by atoms with van der Waals surface area (Å²) in [6.07, 6.45) is 7.94. The second kappa shape index (κ2) is 6.90. The van der Waals surface area contributed by atoms with Crippen LogP contribution in [0.2, 0.25) is 0 Å². The first kappa shape index (κ1) is 15.8. The highest BCUT2D eigenvalue weighted by Crippen LogP contribution is 2.38. The Morgan fingerprint density at radius 2 is 2.00 bits per heavy atom. The van der Waals surface area contributed by atoms with E-state index in [4.69, 9.17) is 5.73 Å². The molecular weight excluding hydrogens is 250 g/mol. The molecule has 3 N–H and O–H groups in total. The smallest absolute Gasteiger partial charge is 0.227 e. The summed E-state index contributed by atoms with van der Waals surface area (Å²) in [5.74, 6) is 0.942. The Morgan fingerprint density at radius 3 is 2.60 bits per heavy atom. The van der Waals surface area contributed by atoms with E-state index in [1.165, 1.54) is 19.3 Å². The number of hydrogen-bond acceptors (Lipinski definition) is 3. The third-order valence-electron chi connectivity index (χ3n) is 5.52. The summed E-state index contributed by atoms with van der Waals surface area (Å²) in [6.45, 7) is 4.70. The molecule has 0 aromatic heterocycles. The van der Waals surface area contributed by atoms with Gasteiger partial charge in [0.1, 0.15) is 0 Å². The van der Waals surface area contributed by atoms with Gasteiger partial charge in [-0.05, 0) is 58.0 Å². The minimum absolute atomic E-state index is 0.200. The van der Waals surface area contributed by atoms with Crippen LogP contribution in [0.25, 0.3) is 0 Å². The Hall–Kier alpha value is -0.610. The second-order valence-corrected chi connectivity index (χ2v) is 7.01. The van der Waals surface area contributed by atoms with Gasteiger partial charge < -0.3 is 16.0 Å². The monoisotopic (exact) mass is 281 g/mol. The van der Waals surface area contributed by atoms with Crippen molar-refractivity contribution < 1.29 is 4.79 Å². The van der Waals surface area contributed by atoms with Crippen LogP contribution in [-0.2, 0) is 4.79 Å². The number of likely N-dealkylation sites (N-methyl/N-ethyl adjacent to an activating group) is 1. The molecule has 0 bridgehead atoms. The number of carbonyl (C=O) groups excluding carboxylic acids is 1. The minimum atomic E-state index is -0.292. The molecule has 1 aliphatic heterocycles.